The summed E-state index contributed by atoms with van der Waals surface area (Å²) in [6.45, 7) is 0. The van der Waals surface area contributed by atoms with E-state index in [2.05, 4.69) is 10.0 Å². The molecule has 0 atom stereocenters. The second-order valence-electron chi connectivity index (χ2n) is 5.57. The quantitative estimate of drug-likeness (QED) is 0.871. The number of amides is 1. The van der Waals surface area contributed by atoms with E-state index in [1.807, 2.05) is 6.07 Å². The standard InChI is InChI=1S/C17H15N3O3S/c18-11-12-3-1-6-16(9-12)24(22,23)20-15-5-2-4-13(10-15)17(21)19-14-7-8-14/h1-6,9-10,14,20H,7-8H2,(H,19,21). The van der Waals surface area contributed by atoms with Crippen molar-refractivity contribution >= 4 is 21.6 Å². The Bertz CT molecular complexity index is 928. The molecule has 6 nitrogen and oxygen atoms in total. The minimum atomic E-state index is -3.83. The van der Waals surface area contributed by atoms with Crippen LogP contribution in [0.4, 0.5) is 5.69 Å². The molecule has 0 saturated heterocycles. The van der Waals surface area contributed by atoms with Crippen LogP contribution in [-0.2, 0) is 10.0 Å². The first-order chi connectivity index (χ1) is 11.5. The van der Waals surface area contributed by atoms with Crippen molar-refractivity contribution in [3.05, 3.63) is 59.7 Å². The largest absolute Gasteiger partial charge is 0.349 e. The molecule has 1 aliphatic carbocycles. The first kappa shape index (κ1) is 16.0. The first-order valence-electron chi connectivity index (χ1n) is 7.42. The fraction of sp³-hybridized carbons (Fsp3) is 0.176. The Labute approximate surface area is 140 Å². The molecule has 0 aliphatic heterocycles. The van der Waals surface area contributed by atoms with Gasteiger partial charge in [0.15, 0.2) is 0 Å². The molecule has 1 amide bonds. The Balaban J connectivity index is 1.81. The third-order valence-electron chi connectivity index (χ3n) is 3.56. The monoisotopic (exact) mass is 341 g/mol. The maximum atomic E-state index is 12.4. The highest BCUT2D eigenvalue weighted by molar-refractivity contribution is 7.92. The second kappa shape index (κ2) is 6.34. The van der Waals surface area contributed by atoms with Gasteiger partial charge in [-0.05, 0) is 49.2 Å². The Hall–Kier alpha value is -2.85. The summed E-state index contributed by atoms with van der Waals surface area (Å²) >= 11 is 0. The van der Waals surface area contributed by atoms with Gasteiger partial charge in [-0.3, -0.25) is 9.52 Å². The minimum absolute atomic E-state index is 0.00520. The molecule has 1 aliphatic rings. The molecule has 1 saturated carbocycles. The molecule has 122 valence electrons. The maximum absolute atomic E-state index is 12.4. The van der Waals surface area contributed by atoms with E-state index in [-0.39, 0.29) is 22.4 Å². The first-order valence-corrected chi connectivity index (χ1v) is 8.90. The lowest BCUT2D eigenvalue weighted by molar-refractivity contribution is 0.0951. The van der Waals surface area contributed by atoms with Gasteiger partial charge in [-0.15, -0.1) is 0 Å². The predicted octanol–water partition coefficient (Wildman–Crippen LogP) is 2.25. The summed E-state index contributed by atoms with van der Waals surface area (Å²) in [5.74, 6) is -0.218. The van der Waals surface area contributed by atoms with E-state index in [0.717, 1.165) is 12.8 Å². The molecule has 2 N–H and O–H groups in total. The molecule has 1 fully saturated rings. The number of nitrogens with one attached hydrogen (secondary N) is 2. The molecular formula is C17H15N3O3S. The van der Waals surface area contributed by atoms with Gasteiger partial charge < -0.3 is 5.32 Å². The number of carbonyl (C=O) groups excluding carboxylic acids is 1. The third kappa shape index (κ3) is 3.73. The normalized spacial score (nSPS) is 13.8. The SMILES string of the molecule is N#Cc1cccc(S(=O)(=O)Nc2cccc(C(=O)NC3CC3)c2)c1. The molecule has 0 aromatic heterocycles. The molecule has 0 heterocycles. The van der Waals surface area contributed by atoms with Crippen molar-refractivity contribution in [2.75, 3.05) is 4.72 Å². The van der Waals surface area contributed by atoms with Gasteiger partial charge in [-0.1, -0.05) is 12.1 Å². The van der Waals surface area contributed by atoms with Crippen molar-refractivity contribution in [3.8, 4) is 6.07 Å². The molecule has 2 aromatic rings. The highest BCUT2D eigenvalue weighted by atomic mass is 32.2. The number of carbonyl (C=O) groups is 1. The van der Waals surface area contributed by atoms with Gasteiger partial charge in [-0.2, -0.15) is 5.26 Å². The van der Waals surface area contributed by atoms with Crippen molar-refractivity contribution in [2.24, 2.45) is 0 Å². The lowest BCUT2D eigenvalue weighted by atomic mass is 10.2. The Kier molecular flexibility index (Phi) is 4.23. The number of hydrogen-bond acceptors (Lipinski definition) is 4. The smallest absolute Gasteiger partial charge is 0.261 e. The van der Waals surface area contributed by atoms with Crippen LogP contribution in [-0.4, -0.2) is 20.4 Å². The summed E-state index contributed by atoms with van der Waals surface area (Å²) in [6.07, 6.45) is 1.96. The number of anilines is 1. The zero-order valence-electron chi connectivity index (χ0n) is 12.7. The minimum Gasteiger partial charge on any atom is -0.349 e. The molecule has 7 heteroatoms. The van der Waals surface area contributed by atoms with E-state index in [4.69, 9.17) is 5.26 Å². The van der Waals surface area contributed by atoms with Crippen molar-refractivity contribution in [3.63, 3.8) is 0 Å². The summed E-state index contributed by atoms with van der Waals surface area (Å²) in [5, 5.41) is 11.7. The van der Waals surface area contributed by atoms with Gasteiger partial charge in [0.2, 0.25) is 0 Å². The molecule has 3 rings (SSSR count). The Morgan fingerprint density at radius 2 is 1.88 bits per heavy atom. The fourth-order valence-electron chi connectivity index (χ4n) is 2.17. The van der Waals surface area contributed by atoms with Gasteiger partial charge in [0.25, 0.3) is 15.9 Å². The van der Waals surface area contributed by atoms with Crippen LogP contribution in [0.15, 0.2) is 53.4 Å². The summed E-state index contributed by atoms with van der Waals surface area (Å²) in [7, 11) is -3.83. The topological polar surface area (TPSA) is 99.1 Å². The van der Waals surface area contributed by atoms with Crippen LogP contribution in [0.2, 0.25) is 0 Å². The van der Waals surface area contributed by atoms with Crippen molar-refractivity contribution in [1.82, 2.24) is 5.32 Å². The molecule has 0 unspecified atom stereocenters. The second-order valence-corrected chi connectivity index (χ2v) is 7.26. The van der Waals surface area contributed by atoms with E-state index in [1.54, 1.807) is 18.2 Å². The van der Waals surface area contributed by atoms with Crippen LogP contribution in [0.1, 0.15) is 28.8 Å². The number of benzene rings is 2. The van der Waals surface area contributed by atoms with E-state index in [0.29, 0.717) is 11.3 Å². The van der Waals surface area contributed by atoms with Gasteiger partial charge in [0, 0.05) is 17.3 Å². The van der Waals surface area contributed by atoms with E-state index < -0.39 is 10.0 Å². The Morgan fingerprint density at radius 3 is 2.58 bits per heavy atom. The van der Waals surface area contributed by atoms with Crippen molar-refractivity contribution < 1.29 is 13.2 Å². The van der Waals surface area contributed by atoms with Crippen LogP contribution in [0.25, 0.3) is 0 Å². The average Bonchev–Trinajstić information content (AvgIpc) is 3.38. The van der Waals surface area contributed by atoms with Gasteiger partial charge in [0.05, 0.1) is 16.5 Å². The van der Waals surface area contributed by atoms with E-state index in [9.17, 15) is 13.2 Å². The van der Waals surface area contributed by atoms with Crippen LogP contribution in [0.3, 0.4) is 0 Å². The van der Waals surface area contributed by atoms with Crippen molar-refractivity contribution in [2.45, 2.75) is 23.8 Å². The van der Waals surface area contributed by atoms with Crippen LogP contribution in [0, 0.1) is 11.3 Å². The van der Waals surface area contributed by atoms with Crippen molar-refractivity contribution in [1.29, 1.82) is 5.26 Å². The molecule has 0 spiro atoms. The van der Waals surface area contributed by atoms with Crippen LogP contribution in [0.5, 0.6) is 0 Å². The number of nitriles is 1. The summed E-state index contributed by atoms with van der Waals surface area (Å²) in [6, 6.07) is 14.2. The number of hydrogen-bond donors (Lipinski definition) is 2. The molecule has 2 aromatic carbocycles. The average molecular weight is 341 g/mol. The lowest BCUT2D eigenvalue weighted by Gasteiger charge is -2.10. The van der Waals surface area contributed by atoms with E-state index >= 15 is 0 Å². The third-order valence-corrected chi connectivity index (χ3v) is 4.94. The summed E-state index contributed by atoms with van der Waals surface area (Å²) < 4.78 is 27.3. The Morgan fingerprint density at radius 1 is 1.12 bits per heavy atom. The van der Waals surface area contributed by atoms with Gasteiger partial charge in [0.1, 0.15) is 0 Å². The molecule has 0 radical (unpaired) electrons. The highest BCUT2D eigenvalue weighted by Crippen LogP contribution is 2.21. The summed E-state index contributed by atoms with van der Waals surface area (Å²) in [5.41, 5.74) is 0.948. The fourth-order valence-corrected chi connectivity index (χ4v) is 3.26. The zero-order chi connectivity index (χ0) is 17.2. The van der Waals surface area contributed by atoms with Crippen LogP contribution < -0.4 is 10.0 Å². The van der Waals surface area contributed by atoms with E-state index in [1.165, 1.54) is 30.3 Å². The van der Waals surface area contributed by atoms with Gasteiger partial charge >= 0.3 is 0 Å². The molecular weight excluding hydrogens is 326 g/mol. The highest BCUT2D eigenvalue weighted by Gasteiger charge is 2.24. The predicted molar refractivity (Wildman–Crippen MR) is 88.9 cm³/mol. The van der Waals surface area contributed by atoms with Crippen LogP contribution >= 0.6 is 0 Å². The molecule has 24 heavy (non-hydrogen) atoms. The number of rotatable bonds is 5. The molecule has 0 bridgehead atoms. The number of sulfonamides is 1. The number of nitrogens with zero attached hydrogens (tertiary/aromatic N) is 1. The lowest BCUT2D eigenvalue weighted by Crippen LogP contribution is -2.25. The maximum Gasteiger partial charge on any atom is 0.261 e. The zero-order valence-corrected chi connectivity index (χ0v) is 13.5. The summed E-state index contributed by atoms with van der Waals surface area (Å²) in [4.78, 5) is 12.0. The van der Waals surface area contributed by atoms with Gasteiger partial charge in [-0.25, -0.2) is 8.42 Å².